The molecule has 6 nitrogen and oxygen atoms in total. The van der Waals surface area contributed by atoms with Crippen molar-refractivity contribution in [3.05, 3.63) is 52.5 Å². The molecule has 1 aliphatic rings. The molecule has 1 fully saturated rings. The number of benzene rings is 2. The number of piperidine rings is 1. The molecule has 3 rings (SSSR count). The Morgan fingerprint density at radius 2 is 1.77 bits per heavy atom. The van der Waals surface area contributed by atoms with Gasteiger partial charge in [0.15, 0.2) is 0 Å². The highest BCUT2D eigenvalue weighted by molar-refractivity contribution is 6.32. The zero-order valence-electron chi connectivity index (χ0n) is 17.8. The lowest BCUT2D eigenvalue weighted by Gasteiger charge is -2.32. The number of rotatable bonds is 7. The van der Waals surface area contributed by atoms with Gasteiger partial charge in [0.1, 0.15) is 11.5 Å². The smallest absolute Gasteiger partial charge is 0.319 e. The number of carbonyl (C=O) groups is 1. The first-order valence-electron chi connectivity index (χ1n) is 10.2. The molecule has 7 heteroatoms. The zero-order chi connectivity index (χ0) is 21.5. The van der Waals surface area contributed by atoms with Gasteiger partial charge >= 0.3 is 6.03 Å². The van der Waals surface area contributed by atoms with E-state index in [1.807, 2.05) is 0 Å². The highest BCUT2D eigenvalue weighted by Crippen LogP contribution is 2.35. The first-order chi connectivity index (χ1) is 14.5. The van der Waals surface area contributed by atoms with Gasteiger partial charge in [0, 0.05) is 19.2 Å². The Hall–Kier alpha value is -2.44. The second-order valence-corrected chi connectivity index (χ2v) is 8.13. The molecule has 1 heterocycles. The molecule has 0 spiro atoms. The fourth-order valence-electron chi connectivity index (χ4n) is 3.66. The number of anilines is 1. The number of amides is 2. The summed E-state index contributed by atoms with van der Waals surface area (Å²) in [7, 11) is 3.07. The zero-order valence-corrected chi connectivity index (χ0v) is 18.6. The van der Waals surface area contributed by atoms with Crippen LogP contribution in [0.1, 0.15) is 24.0 Å². The average Bonchev–Trinajstić information content (AvgIpc) is 2.75. The molecule has 0 saturated carbocycles. The molecular weight excluding hydrogens is 402 g/mol. The largest absolute Gasteiger partial charge is 0.495 e. The number of methoxy groups -OCH3 is 2. The maximum absolute atomic E-state index is 12.4. The summed E-state index contributed by atoms with van der Waals surface area (Å²) in [4.78, 5) is 14.8. The third kappa shape index (κ3) is 6.03. The molecule has 1 saturated heterocycles. The second kappa shape index (κ2) is 10.5. The summed E-state index contributed by atoms with van der Waals surface area (Å²) in [5.41, 5.74) is 3.15. The summed E-state index contributed by atoms with van der Waals surface area (Å²) >= 11 is 6.16. The molecule has 0 unspecified atom stereocenters. The van der Waals surface area contributed by atoms with Crippen molar-refractivity contribution in [1.82, 2.24) is 10.2 Å². The quantitative estimate of drug-likeness (QED) is 0.667. The number of likely N-dealkylation sites (tertiary alicyclic amines) is 1. The fraction of sp³-hybridized carbons (Fsp3) is 0.435. The number of carbonyl (C=O) groups excluding carboxylic acids is 1. The summed E-state index contributed by atoms with van der Waals surface area (Å²) < 4.78 is 10.5. The molecule has 2 aromatic rings. The predicted molar refractivity (Wildman–Crippen MR) is 121 cm³/mol. The number of hydrogen-bond acceptors (Lipinski definition) is 4. The average molecular weight is 432 g/mol. The minimum Gasteiger partial charge on any atom is -0.495 e. The van der Waals surface area contributed by atoms with Gasteiger partial charge < -0.3 is 20.1 Å². The van der Waals surface area contributed by atoms with E-state index in [1.54, 1.807) is 12.1 Å². The van der Waals surface area contributed by atoms with E-state index >= 15 is 0 Å². The van der Waals surface area contributed by atoms with E-state index < -0.39 is 0 Å². The minimum atomic E-state index is -0.267. The van der Waals surface area contributed by atoms with E-state index in [2.05, 4.69) is 46.7 Å². The van der Waals surface area contributed by atoms with E-state index in [4.69, 9.17) is 21.1 Å². The number of nitrogens with zero attached hydrogens (tertiary/aromatic N) is 1. The number of urea groups is 1. The van der Waals surface area contributed by atoms with Gasteiger partial charge in [-0.05, 0) is 50.4 Å². The third-order valence-corrected chi connectivity index (χ3v) is 5.80. The van der Waals surface area contributed by atoms with Gasteiger partial charge in [-0.25, -0.2) is 4.79 Å². The Morgan fingerprint density at radius 3 is 2.40 bits per heavy atom. The van der Waals surface area contributed by atoms with Gasteiger partial charge in [0.25, 0.3) is 0 Å². The normalized spacial score (nSPS) is 14.9. The van der Waals surface area contributed by atoms with Gasteiger partial charge in [-0.15, -0.1) is 0 Å². The Balaban J connectivity index is 1.44. The summed E-state index contributed by atoms with van der Waals surface area (Å²) in [6, 6.07) is 11.7. The SMILES string of the molecule is COc1cc(OC)c(NC(=O)NCC2CCN(Cc3ccc(C)cc3)CC2)cc1Cl. The predicted octanol–water partition coefficient (Wildman–Crippen LogP) is 4.70. The van der Waals surface area contributed by atoms with Crippen LogP contribution >= 0.6 is 11.6 Å². The van der Waals surface area contributed by atoms with E-state index in [9.17, 15) is 4.79 Å². The van der Waals surface area contributed by atoms with Crippen molar-refractivity contribution in [1.29, 1.82) is 0 Å². The van der Waals surface area contributed by atoms with Gasteiger partial charge in [-0.1, -0.05) is 41.4 Å². The topological polar surface area (TPSA) is 62.8 Å². The van der Waals surface area contributed by atoms with Crippen LogP contribution in [-0.2, 0) is 6.54 Å². The Bertz CT molecular complexity index is 850. The van der Waals surface area contributed by atoms with Crippen LogP contribution in [0.5, 0.6) is 11.5 Å². The first-order valence-corrected chi connectivity index (χ1v) is 10.6. The fourth-order valence-corrected chi connectivity index (χ4v) is 3.90. The van der Waals surface area contributed by atoms with E-state index in [-0.39, 0.29) is 6.03 Å². The Labute approximate surface area is 183 Å². The lowest BCUT2D eigenvalue weighted by molar-refractivity contribution is 0.175. The Kier molecular flexibility index (Phi) is 7.82. The molecule has 162 valence electrons. The molecular formula is C23H30ClN3O3. The number of ether oxygens (including phenoxy) is 2. The van der Waals surface area contributed by atoms with Crippen molar-refractivity contribution in [3.63, 3.8) is 0 Å². The highest BCUT2D eigenvalue weighted by atomic mass is 35.5. The van der Waals surface area contributed by atoms with Crippen molar-refractivity contribution in [2.75, 3.05) is 39.2 Å². The molecule has 30 heavy (non-hydrogen) atoms. The summed E-state index contributed by atoms with van der Waals surface area (Å²) in [5, 5.41) is 6.20. The van der Waals surface area contributed by atoms with Crippen molar-refractivity contribution in [2.45, 2.75) is 26.3 Å². The maximum atomic E-state index is 12.4. The van der Waals surface area contributed by atoms with Crippen molar-refractivity contribution in [2.24, 2.45) is 5.92 Å². The van der Waals surface area contributed by atoms with Gasteiger partial charge in [0.2, 0.25) is 0 Å². The first kappa shape index (κ1) is 22.2. The van der Waals surface area contributed by atoms with E-state index in [0.717, 1.165) is 32.5 Å². The van der Waals surface area contributed by atoms with E-state index in [1.165, 1.54) is 25.3 Å². The van der Waals surface area contributed by atoms with Crippen LogP contribution in [0.2, 0.25) is 5.02 Å². The number of hydrogen-bond donors (Lipinski definition) is 2. The summed E-state index contributed by atoms with van der Waals surface area (Å²) in [6.45, 7) is 5.83. The molecule has 2 aromatic carbocycles. The van der Waals surface area contributed by atoms with Crippen LogP contribution in [0.25, 0.3) is 0 Å². The van der Waals surface area contributed by atoms with Crippen LogP contribution in [0, 0.1) is 12.8 Å². The lowest BCUT2D eigenvalue weighted by Crippen LogP contribution is -2.39. The number of halogens is 1. The second-order valence-electron chi connectivity index (χ2n) is 7.73. The van der Waals surface area contributed by atoms with Gasteiger partial charge in [-0.3, -0.25) is 4.90 Å². The van der Waals surface area contributed by atoms with Crippen LogP contribution in [0.3, 0.4) is 0 Å². The molecule has 2 amide bonds. The van der Waals surface area contributed by atoms with Crippen molar-refractivity contribution < 1.29 is 14.3 Å². The summed E-state index contributed by atoms with van der Waals surface area (Å²) in [5.74, 6) is 1.47. The molecule has 0 bridgehead atoms. The van der Waals surface area contributed by atoms with Crippen LogP contribution in [0.4, 0.5) is 10.5 Å². The molecule has 0 aliphatic carbocycles. The molecule has 2 N–H and O–H groups in total. The van der Waals surface area contributed by atoms with E-state index in [0.29, 0.717) is 34.7 Å². The standard InChI is InChI=1S/C23H30ClN3O3/c1-16-4-6-18(7-5-16)15-27-10-8-17(9-11-27)14-25-23(28)26-20-12-19(24)21(29-2)13-22(20)30-3/h4-7,12-13,17H,8-11,14-15H2,1-3H3,(H2,25,26,28). The Morgan fingerprint density at radius 1 is 1.10 bits per heavy atom. The molecule has 0 atom stereocenters. The molecule has 1 aliphatic heterocycles. The van der Waals surface area contributed by atoms with Gasteiger partial charge in [-0.2, -0.15) is 0 Å². The molecule has 0 aromatic heterocycles. The van der Waals surface area contributed by atoms with Crippen LogP contribution in [0.15, 0.2) is 36.4 Å². The van der Waals surface area contributed by atoms with Gasteiger partial charge in [0.05, 0.1) is 24.9 Å². The van der Waals surface area contributed by atoms with Crippen molar-refractivity contribution >= 4 is 23.3 Å². The third-order valence-electron chi connectivity index (χ3n) is 5.51. The van der Waals surface area contributed by atoms with Crippen LogP contribution < -0.4 is 20.1 Å². The summed E-state index contributed by atoms with van der Waals surface area (Å²) in [6.07, 6.45) is 2.15. The maximum Gasteiger partial charge on any atom is 0.319 e. The number of nitrogens with one attached hydrogen (secondary N) is 2. The monoisotopic (exact) mass is 431 g/mol. The minimum absolute atomic E-state index is 0.267. The van der Waals surface area contributed by atoms with Crippen molar-refractivity contribution in [3.8, 4) is 11.5 Å². The lowest BCUT2D eigenvalue weighted by atomic mass is 9.96. The van der Waals surface area contributed by atoms with Crippen LogP contribution in [-0.4, -0.2) is 44.8 Å². The number of aryl methyl sites for hydroxylation is 1. The molecule has 0 radical (unpaired) electrons. The highest BCUT2D eigenvalue weighted by Gasteiger charge is 2.20.